The minimum Gasteiger partial charge on any atom is 0 e. The maximum absolute atomic E-state index is 8.59. The van der Waals surface area contributed by atoms with Crippen LogP contribution in [-0.2, 0) is 9.31 Å². The topological polar surface area (TPSA) is 51.2 Å². The van der Waals surface area contributed by atoms with Gasteiger partial charge in [-0.05, 0) is 0 Å². The van der Waals surface area contributed by atoms with Crippen LogP contribution in [-0.4, -0.2) is 68.4 Å². The maximum Gasteiger partial charge on any atom is 0 e. The molecular formula is H4BaO3Te. The van der Waals surface area contributed by atoms with Crippen molar-refractivity contribution in [3.05, 3.63) is 0 Å². The summed E-state index contributed by atoms with van der Waals surface area (Å²) < 4.78 is 25.8. The number of hydrogen-bond acceptors (Lipinski definition) is 3. The Morgan fingerprint density at radius 3 is 1.20 bits per heavy atom. The second-order valence-electron chi connectivity index (χ2n) is 0.204. The summed E-state index contributed by atoms with van der Waals surface area (Å²) >= 11 is -4.11. The van der Waals surface area contributed by atoms with Gasteiger partial charge in [0.15, 0.2) is 0 Å². The smallest absolute Gasteiger partial charge is 0 e. The molecule has 0 amide bonds. The van der Waals surface area contributed by atoms with Crippen LogP contribution in [0.5, 0.6) is 0 Å². The van der Waals surface area contributed by atoms with Crippen LogP contribution in [0.4, 0.5) is 0 Å². The molecule has 0 atom stereocenters. The van der Waals surface area contributed by atoms with E-state index in [0.29, 0.717) is 0 Å². The van der Waals surface area contributed by atoms with Gasteiger partial charge in [-0.15, -0.1) is 0 Å². The largest absolute Gasteiger partial charge is 0 e. The van der Waals surface area contributed by atoms with Crippen molar-refractivity contribution in [2.45, 2.75) is 0 Å². The Morgan fingerprint density at radius 1 is 1.20 bits per heavy atom. The van der Waals surface area contributed by atoms with E-state index in [1.807, 2.05) is 0 Å². The average Bonchev–Trinajstić information content (AvgIpc) is 0.811. The van der Waals surface area contributed by atoms with E-state index in [0.717, 1.165) is 0 Å². The summed E-state index contributed by atoms with van der Waals surface area (Å²) in [5.74, 6) is 0. The normalized spacial score (nSPS) is 4.80. The van der Waals surface area contributed by atoms with Crippen molar-refractivity contribution in [2.75, 3.05) is 0 Å². The van der Waals surface area contributed by atoms with Gasteiger partial charge < -0.3 is 0 Å². The molecule has 0 aromatic heterocycles. The van der Waals surface area contributed by atoms with Gasteiger partial charge in [0.1, 0.15) is 0 Å². The van der Waals surface area contributed by atoms with Crippen molar-refractivity contribution < 1.29 is 12.2 Å². The predicted molar refractivity (Wildman–Crippen MR) is 17.8 cm³/mol. The van der Waals surface area contributed by atoms with Gasteiger partial charge in [-0.1, -0.05) is 0 Å². The van der Waals surface area contributed by atoms with Crippen LogP contribution >= 0.6 is 0 Å². The number of rotatable bonds is 0. The van der Waals surface area contributed by atoms with Gasteiger partial charge in [0, 0.05) is 51.7 Å². The first kappa shape index (κ1) is 9.90. The summed E-state index contributed by atoms with van der Waals surface area (Å²) in [7, 11) is 0. The van der Waals surface area contributed by atoms with E-state index < -0.39 is 19.5 Å². The summed E-state index contributed by atoms with van der Waals surface area (Å²) in [6, 6.07) is 0. The molecule has 0 aromatic carbocycles. The van der Waals surface area contributed by atoms with Crippen molar-refractivity contribution in [1.82, 2.24) is 0 Å². The molecule has 0 unspecified atom stereocenters. The van der Waals surface area contributed by atoms with Crippen molar-refractivity contribution in [3.8, 4) is 0 Å². The van der Waals surface area contributed by atoms with Gasteiger partial charge in [-0.25, -0.2) is 0 Å². The molecule has 0 N–H and O–H groups in total. The SMILES string of the molecule is O=[Te](=O)=O.[Ba].[HH].[HH]. The fourth-order valence-corrected chi connectivity index (χ4v) is 0. The molecule has 0 aliphatic carbocycles. The van der Waals surface area contributed by atoms with Gasteiger partial charge in [0.05, 0.1) is 0 Å². The average molecular weight is 317 g/mol. The number of hydrogen-bond donors (Lipinski definition) is 0. The van der Waals surface area contributed by atoms with E-state index in [1.165, 1.54) is 0 Å². The Hall–Kier alpha value is 1.76. The van der Waals surface area contributed by atoms with Gasteiger partial charge in [0.25, 0.3) is 0 Å². The second-order valence-corrected chi connectivity index (χ2v) is 1.37. The fourth-order valence-electron chi connectivity index (χ4n) is 0. The second kappa shape index (κ2) is 5.76. The fraction of sp³-hybridized carbons (Fsp3) is 0. The quantitative estimate of drug-likeness (QED) is 0.559. The summed E-state index contributed by atoms with van der Waals surface area (Å²) in [6.45, 7) is 0. The van der Waals surface area contributed by atoms with E-state index in [-0.39, 0.29) is 51.7 Å². The Labute approximate surface area is 78.9 Å². The molecule has 0 heterocycles. The van der Waals surface area contributed by atoms with Gasteiger partial charge >= 0.3 is 28.8 Å². The minimum absolute atomic E-state index is 0. The van der Waals surface area contributed by atoms with Crippen LogP contribution in [0, 0.1) is 0 Å². The Morgan fingerprint density at radius 2 is 1.20 bits per heavy atom. The third-order valence-electron chi connectivity index (χ3n) is 0. The van der Waals surface area contributed by atoms with Gasteiger partial charge in [0.2, 0.25) is 0 Å². The third kappa shape index (κ3) is 26.3. The first-order chi connectivity index (χ1) is 1.73. The van der Waals surface area contributed by atoms with E-state index >= 15 is 0 Å². The zero-order valence-corrected chi connectivity index (χ0v) is 9.11. The summed E-state index contributed by atoms with van der Waals surface area (Å²) in [5, 5.41) is 0. The molecular weight excluding hydrogens is 313 g/mol. The van der Waals surface area contributed by atoms with Crippen molar-refractivity contribution in [2.24, 2.45) is 0 Å². The molecule has 0 aliphatic heterocycles. The molecule has 3 nitrogen and oxygen atoms in total. The van der Waals surface area contributed by atoms with Crippen LogP contribution in [0.2, 0.25) is 0 Å². The molecule has 2 radical (unpaired) electrons. The van der Waals surface area contributed by atoms with Gasteiger partial charge in [-0.3, -0.25) is 0 Å². The summed E-state index contributed by atoms with van der Waals surface area (Å²) in [5.41, 5.74) is 0. The Balaban J connectivity index is -0.0000000150. The molecule has 5 heavy (non-hydrogen) atoms. The maximum atomic E-state index is 8.59. The van der Waals surface area contributed by atoms with Crippen molar-refractivity contribution in [1.29, 1.82) is 0 Å². The van der Waals surface area contributed by atoms with Crippen LogP contribution in [0.3, 0.4) is 0 Å². The first-order valence-electron chi connectivity index (χ1n) is 0.500. The Bertz CT molecular complexity index is 82.3. The summed E-state index contributed by atoms with van der Waals surface area (Å²) in [6.07, 6.45) is 0. The molecule has 0 fully saturated rings. The molecule has 0 rings (SSSR count). The zero-order valence-electron chi connectivity index (χ0n) is 2.34. The summed E-state index contributed by atoms with van der Waals surface area (Å²) in [4.78, 5) is 0. The molecule has 0 spiro atoms. The zero-order chi connectivity index (χ0) is 3.58. The molecule has 30 valence electrons. The third-order valence-corrected chi connectivity index (χ3v) is 0. The standard InChI is InChI=1S/Ba.O3Te.2H2/c;1-4(2)3;;/h;;2*1H. The molecule has 5 heteroatoms. The van der Waals surface area contributed by atoms with E-state index in [9.17, 15) is 0 Å². The molecule has 0 saturated heterocycles. The van der Waals surface area contributed by atoms with Gasteiger partial charge in [-0.2, -0.15) is 0 Å². The van der Waals surface area contributed by atoms with Crippen molar-refractivity contribution >= 4 is 68.4 Å². The van der Waals surface area contributed by atoms with Crippen LogP contribution < -0.4 is 0 Å². The van der Waals surface area contributed by atoms with Crippen LogP contribution in [0.25, 0.3) is 0 Å². The van der Waals surface area contributed by atoms with Crippen molar-refractivity contribution in [3.63, 3.8) is 0 Å². The predicted octanol–water partition coefficient (Wildman–Crippen LogP) is -0.626. The molecule has 0 bridgehead atoms. The molecule has 0 saturated carbocycles. The molecule has 0 aliphatic rings. The first-order valence-corrected chi connectivity index (χ1v) is 3.35. The van der Waals surface area contributed by atoms with Crippen LogP contribution in [0.1, 0.15) is 2.85 Å². The van der Waals surface area contributed by atoms with E-state index in [4.69, 9.17) is 9.31 Å². The monoisotopic (exact) mass is 320 g/mol. The minimum atomic E-state index is -4.11. The van der Waals surface area contributed by atoms with E-state index in [2.05, 4.69) is 0 Å². The Kier molecular flexibility index (Phi) is 11.4. The van der Waals surface area contributed by atoms with E-state index in [1.54, 1.807) is 0 Å². The van der Waals surface area contributed by atoms with Crippen LogP contribution in [0.15, 0.2) is 0 Å². The molecule has 0 aromatic rings.